The molecule has 0 aliphatic carbocycles. The minimum atomic E-state index is -0.529. The van der Waals surface area contributed by atoms with E-state index in [-0.39, 0.29) is 17.3 Å². The molecule has 1 aromatic heterocycles. The highest BCUT2D eigenvalue weighted by Crippen LogP contribution is 2.37. The Labute approximate surface area is 210 Å². The van der Waals surface area contributed by atoms with Gasteiger partial charge in [0.25, 0.3) is 5.69 Å². The number of nitro groups is 1. The van der Waals surface area contributed by atoms with Gasteiger partial charge in [-0.2, -0.15) is 5.26 Å². The Hall–Kier alpha value is -4.19. The van der Waals surface area contributed by atoms with Crippen LogP contribution in [-0.2, 0) is 4.79 Å². The summed E-state index contributed by atoms with van der Waals surface area (Å²) in [6, 6.07) is 26.5. The molecule has 172 valence electrons. The zero-order valence-corrected chi connectivity index (χ0v) is 19.7. The van der Waals surface area contributed by atoms with Crippen molar-refractivity contribution >= 4 is 40.6 Å². The van der Waals surface area contributed by atoms with E-state index in [2.05, 4.69) is 16.4 Å². The fraction of sp³-hybridized carbons (Fsp3) is 0.0385. The molecule has 0 bridgehead atoms. The highest BCUT2D eigenvalue weighted by Gasteiger charge is 2.18. The van der Waals surface area contributed by atoms with Gasteiger partial charge in [0.2, 0.25) is 5.91 Å². The molecule has 0 unspecified atom stereocenters. The summed E-state index contributed by atoms with van der Waals surface area (Å²) in [4.78, 5) is 27.7. The van der Waals surface area contributed by atoms with Crippen molar-refractivity contribution < 1.29 is 9.72 Å². The van der Waals surface area contributed by atoms with E-state index in [0.717, 1.165) is 17.3 Å². The summed E-state index contributed by atoms with van der Waals surface area (Å²) < 4.78 is 0. The first-order chi connectivity index (χ1) is 17.0. The highest BCUT2D eigenvalue weighted by atomic mass is 35.5. The summed E-state index contributed by atoms with van der Waals surface area (Å²) >= 11 is 7.55. The number of nitro benzene ring substituents is 1. The van der Waals surface area contributed by atoms with Crippen molar-refractivity contribution in [2.75, 3.05) is 11.1 Å². The van der Waals surface area contributed by atoms with Crippen LogP contribution in [-0.4, -0.2) is 21.6 Å². The number of carbonyl (C=O) groups is 1. The molecule has 1 N–H and O–H groups in total. The van der Waals surface area contributed by atoms with Crippen LogP contribution >= 0.6 is 23.4 Å². The minimum absolute atomic E-state index is 0.0510. The van der Waals surface area contributed by atoms with Crippen LogP contribution < -0.4 is 5.32 Å². The molecular formula is C26H17ClN4O3S. The first-order valence-corrected chi connectivity index (χ1v) is 11.7. The van der Waals surface area contributed by atoms with E-state index >= 15 is 0 Å². The molecule has 0 saturated heterocycles. The number of rotatable bonds is 7. The van der Waals surface area contributed by atoms with Crippen molar-refractivity contribution in [1.29, 1.82) is 5.26 Å². The SMILES string of the molecule is N#Cc1c(-c2ccccc2Cl)cc(-c2ccccc2)nc1SCC(=O)Nc1cccc([N+](=O)[O-])c1. The molecular weight excluding hydrogens is 484 g/mol. The molecule has 0 saturated carbocycles. The van der Waals surface area contributed by atoms with Crippen LogP contribution in [0.4, 0.5) is 11.4 Å². The third-order valence-electron chi connectivity index (χ3n) is 5.01. The Kier molecular flexibility index (Phi) is 7.41. The average molecular weight is 501 g/mol. The van der Waals surface area contributed by atoms with Crippen molar-refractivity contribution in [3.63, 3.8) is 0 Å². The first-order valence-electron chi connectivity index (χ1n) is 10.4. The van der Waals surface area contributed by atoms with Gasteiger partial charge in [-0.05, 0) is 18.2 Å². The van der Waals surface area contributed by atoms with Gasteiger partial charge in [-0.3, -0.25) is 14.9 Å². The zero-order chi connectivity index (χ0) is 24.8. The second kappa shape index (κ2) is 10.8. The third kappa shape index (κ3) is 5.66. The Bertz CT molecular complexity index is 1450. The molecule has 4 aromatic rings. The van der Waals surface area contributed by atoms with Gasteiger partial charge in [-0.15, -0.1) is 0 Å². The molecule has 35 heavy (non-hydrogen) atoms. The monoisotopic (exact) mass is 500 g/mol. The number of nitrogens with one attached hydrogen (secondary N) is 1. The van der Waals surface area contributed by atoms with E-state index in [1.165, 1.54) is 18.2 Å². The van der Waals surface area contributed by atoms with E-state index in [0.29, 0.717) is 38.1 Å². The molecule has 0 fully saturated rings. The van der Waals surface area contributed by atoms with Crippen LogP contribution in [0.3, 0.4) is 0 Å². The number of amides is 1. The molecule has 1 amide bonds. The molecule has 0 aliphatic heterocycles. The summed E-state index contributed by atoms with van der Waals surface area (Å²) in [6.07, 6.45) is 0. The van der Waals surface area contributed by atoms with E-state index in [9.17, 15) is 20.2 Å². The summed E-state index contributed by atoms with van der Waals surface area (Å²) in [5.41, 5.74) is 3.30. The predicted molar refractivity (Wildman–Crippen MR) is 137 cm³/mol. The molecule has 4 rings (SSSR count). The smallest absolute Gasteiger partial charge is 0.271 e. The number of nitriles is 1. The van der Waals surface area contributed by atoms with Crippen LogP contribution in [0.5, 0.6) is 0 Å². The van der Waals surface area contributed by atoms with E-state index < -0.39 is 4.92 Å². The predicted octanol–water partition coefficient (Wildman–Crippen LogP) is 6.58. The van der Waals surface area contributed by atoms with Gasteiger partial charge in [0, 0.05) is 39.5 Å². The standard InChI is InChI=1S/C26H17ClN4O3S/c27-23-12-5-4-11-20(23)21-14-24(17-7-2-1-3-8-17)30-26(22(21)15-28)35-16-25(32)29-18-9-6-10-19(13-18)31(33)34/h1-14H,16H2,(H,29,32). The second-order valence-corrected chi connectivity index (χ2v) is 8.71. The molecule has 9 heteroatoms. The lowest BCUT2D eigenvalue weighted by Crippen LogP contribution is -2.14. The van der Waals surface area contributed by atoms with Crippen LogP contribution in [0, 0.1) is 21.4 Å². The quantitative estimate of drug-likeness (QED) is 0.174. The van der Waals surface area contributed by atoms with Crippen LogP contribution in [0.25, 0.3) is 22.4 Å². The van der Waals surface area contributed by atoms with Crippen molar-refractivity contribution in [2.24, 2.45) is 0 Å². The Morgan fingerprint density at radius 3 is 2.49 bits per heavy atom. The van der Waals surface area contributed by atoms with Crippen LogP contribution in [0.1, 0.15) is 5.56 Å². The van der Waals surface area contributed by atoms with Gasteiger partial charge < -0.3 is 5.32 Å². The first kappa shape index (κ1) is 24.0. The number of carbonyl (C=O) groups excluding carboxylic acids is 1. The summed E-state index contributed by atoms with van der Waals surface area (Å²) in [5, 5.41) is 24.5. The molecule has 3 aromatic carbocycles. The van der Waals surface area contributed by atoms with Crippen molar-refractivity contribution in [3.8, 4) is 28.5 Å². The third-order valence-corrected chi connectivity index (χ3v) is 6.32. The van der Waals surface area contributed by atoms with Gasteiger partial charge >= 0.3 is 0 Å². The second-order valence-electron chi connectivity index (χ2n) is 7.34. The van der Waals surface area contributed by atoms with E-state index in [4.69, 9.17) is 11.6 Å². The van der Waals surface area contributed by atoms with Crippen molar-refractivity contribution in [2.45, 2.75) is 5.03 Å². The van der Waals surface area contributed by atoms with Crippen LogP contribution in [0.15, 0.2) is 90.0 Å². The number of pyridine rings is 1. The number of nitrogens with zero attached hydrogens (tertiary/aromatic N) is 3. The Balaban J connectivity index is 1.67. The molecule has 0 aliphatic rings. The summed E-state index contributed by atoms with van der Waals surface area (Å²) in [7, 11) is 0. The minimum Gasteiger partial charge on any atom is -0.325 e. The summed E-state index contributed by atoms with van der Waals surface area (Å²) in [5.74, 6) is -0.435. The van der Waals surface area contributed by atoms with Crippen LogP contribution in [0.2, 0.25) is 5.02 Å². The highest BCUT2D eigenvalue weighted by molar-refractivity contribution is 8.00. The zero-order valence-electron chi connectivity index (χ0n) is 18.1. The molecule has 0 atom stereocenters. The number of hydrogen-bond donors (Lipinski definition) is 1. The number of non-ortho nitro benzene ring substituents is 1. The summed E-state index contributed by atoms with van der Waals surface area (Å²) in [6.45, 7) is 0. The van der Waals surface area contributed by atoms with Crippen molar-refractivity contribution in [3.05, 3.63) is 106 Å². The van der Waals surface area contributed by atoms with Gasteiger partial charge in [-0.25, -0.2) is 4.98 Å². The van der Waals surface area contributed by atoms with Gasteiger partial charge in [-0.1, -0.05) is 78.0 Å². The fourth-order valence-electron chi connectivity index (χ4n) is 3.41. The largest absolute Gasteiger partial charge is 0.325 e. The van der Waals surface area contributed by atoms with E-state index in [1.54, 1.807) is 12.1 Å². The van der Waals surface area contributed by atoms with E-state index in [1.807, 2.05) is 54.6 Å². The maximum absolute atomic E-state index is 12.6. The Morgan fingerprint density at radius 1 is 1.03 bits per heavy atom. The maximum atomic E-state index is 12.6. The lowest BCUT2D eigenvalue weighted by Gasteiger charge is -2.13. The Morgan fingerprint density at radius 2 is 1.77 bits per heavy atom. The lowest BCUT2D eigenvalue weighted by atomic mass is 9.99. The van der Waals surface area contributed by atoms with Gasteiger partial charge in [0.05, 0.1) is 21.9 Å². The fourth-order valence-corrected chi connectivity index (χ4v) is 4.45. The molecule has 1 heterocycles. The average Bonchev–Trinajstić information content (AvgIpc) is 2.88. The number of hydrogen-bond acceptors (Lipinski definition) is 6. The maximum Gasteiger partial charge on any atom is 0.271 e. The molecule has 0 spiro atoms. The topological polar surface area (TPSA) is 109 Å². The lowest BCUT2D eigenvalue weighted by molar-refractivity contribution is -0.384. The van der Waals surface area contributed by atoms with Crippen molar-refractivity contribution in [1.82, 2.24) is 4.98 Å². The normalized spacial score (nSPS) is 10.4. The van der Waals surface area contributed by atoms with Gasteiger partial charge in [0.15, 0.2) is 0 Å². The number of thioether (sulfide) groups is 1. The number of anilines is 1. The number of benzene rings is 3. The van der Waals surface area contributed by atoms with Gasteiger partial charge in [0.1, 0.15) is 11.1 Å². The number of aromatic nitrogens is 1. The molecule has 0 radical (unpaired) electrons. The molecule has 7 nitrogen and oxygen atoms in total. The number of halogens is 1.